The van der Waals surface area contributed by atoms with Crippen LogP contribution in [0.4, 0.5) is 0 Å². The number of morpholine rings is 1. The minimum atomic E-state index is -0.0877. The maximum absolute atomic E-state index is 13.0. The number of ether oxygens (including phenoxy) is 2. The molecule has 0 aromatic carbocycles. The summed E-state index contributed by atoms with van der Waals surface area (Å²) in [5.41, 5.74) is 0.777. The van der Waals surface area contributed by atoms with E-state index in [1.807, 2.05) is 0 Å². The summed E-state index contributed by atoms with van der Waals surface area (Å²) < 4.78 is 12.7. The Bertz CT molecular complexity index is 720. The van der Waals surface area contributed by atoms with Gasteiger partial charge in [0.1, 0.15) is 0 Å². The van der Waals surface area contributed by atoms with E-state index >= 15 is 0 Å². The summed E-state index contributed by atoms with van der Waals surface area (Å²) in [6.45, 7) is 11.9. The van der Waals surface area contributed by atoms with E-state index in [1.165, 1.54) is 19.3 Å². The van der Waals surface area contributed by atoms with Crippen LogP contribution in [0.5, 0.6) is 5.88 Å². The minimum Gasteiger partial charge on any atom is -0.481 e. The van der Waals surface area contributed by atoms with E-state index in [4.69, 9.17) is 9.47 Å². The normalized spacial score (nSPS) is 31.9. The summed E-state index contributed by atoms with van der Waals surface area (Å²) in [5, 5.41) is 7.89. The Morgan fingerprint density at radius 1 is 1.32 bits per heavy atom. The standard InChI is InChI=1S/C21H34N4O3/c1-20(2)15-5-6-21(3,14-15)19(20)22-18(26)16-13-17(27-4)25(23-16)8-7-24-9-11-28-12-10-24/h13,15,19H,5-12,14H2,1-4H3,(H,22,26). The van der Waals surface area contributed by atoms with Crippen molar-refractivity contribution in [1.82, 2.24) is 20.0 Å². The molecule has 1 saturated heterocycles. The highest BCUT2D eigenvalue weighted by atomic mass is 16.5. The van der Waals surface area contributed by atoms with Crippen LogP contribution in [-0.2, 0) is 11.3 Å². The average molecular weight is 391 g/mol. The molecule has 1 aromatic heterocycles. The van der Waals surface area contributed by atoms with Gasteiger partial charge in [0, 0.05) is 31.7 Å². The minimum absolute atomic E-state index is 0.0877. The molecule has 1 aromatic rings. The third-order valence-corrected chi connectivity index (χ3v) is 7.46. The summed E-state index contributed by atoms with van der Waals surface area (Å²) in [4.78, 5) is 15.4. The van der Waals surface area contributed by atoms with Crippen LogP contribution in [0.3, 0.4) is 0 Å². The van der Waals surface area contributed by atoms with Gasteiger partial charge in [-0.1, -0.05) is 20.8 Å². The van der Waals surface area contributed by atoms with Gasteiger partial charge in [-0.3, -0.25) is 9.69 Å². The van der Waals surface area contributed by atoms with E-state index < -0.39 is 0 Å². The van der Waals surface area contributed by atoms with Crippen LogP contribution in [-0.4, -0.2) is 66.6 Å². The highest BCUT2D eigenvalue weighted by Crippen LogP contribution is 2.62. The first-order valence-corrected chi connectivity index (χ1v) is 10.6. The smallest absolute Gasteiger partial charge is 0.272 e. The third-order valence-electron chi connectivity index (χ3n) is 7.46. The highest BCUT2D eigenvalue weighted by molar-refractivity contribution is 5.93. The largest absolute Gasteiger partial charge is 0.481 e. The number of aromatic nitrogens is 2. The summed E-state index contributed by atoms with van der Waals surface area (Å²) >= 11 is 0. The Labute approximate surface area is 167 Å². The number of rotatable bonds is 6. The Hall–Kier alpha value is -1.60. The Morgan fingerprint density at radius 3 is 2.71 bits per heavy atom. The zero-order chi connectivity index (χ0) is 19.9. The molecule has 28 heavy (non-hydrogen) atoms. The molecule has 1 amide bonds. The average Bonchev–Trinajstić information content (AvgIpc) is 3.33. The van der Waals surface area contributed by atoms with E-state index in [9.17, 15) is 4.79 Å². The lowest BCUT2D eigenvalue weighted by molar-refractivity contribution is 0.0357. The van der Waals surface area contributed by atoms with E-state index in [-0.39, 0.29) is 22.8 Å². The number of carbonyl (C=O) groups excluding carboxylic acids is 1. The number of methoxy groups -OCH3 is 1. The molecule has 3 aliphatic rings. The van der Waals surface area contributed by atoms with Crippen LogP contribution in [0.1, 0.15) is 50.5 Å². The molecule has 1 aliphatic heterocycles. The van der Waals surface area contributed by atoms with Crippen LogP contribution in [0.25, 0.3) is 0 Å². The molecule has 2 bridgehead atoms. The van der Waals surface area contributed by atoms with Gasteiger partial charge in [0.05, 0.1) is 26.9 Å². The molecule has 156 valence electrons. The molecule has 7 nitrogen and oxygen atoms in total. The maximum Gasteiger partial charge on any atom is 0.272 e. The second-order valence-electron chi connectivity index (χ2n) is 9.57. The number of carbonyl (C=O) groups is 1. The zero-order valence-electron chi connectivity index (χ0n) is 17.7. The molecule has 2 heterocycles. The quantitative estimate of drug-likeness (QED) is 0.806. The third kappa shape index (κ3) is 3.43. The van der Waals surface area contributed by atoms with Crippen molar-refractivity contribution in [2.75, 3.05) is 40.0 Å². The first kappa shape index (κ1) is 19.7. The van der Waals surface area contributed by atoms with E-state index in [0.717, 1.165) is 32.8 Å². The number of hydrogen-bond donors (Lipinski definition) is 1. The van der Waals surface area contributed by atoms with Gasteiger partial charge < -0.3 is 14.8 Å². The SMILES string of the molecule is COc1cc(C(=O)NC2C3(C)CCC(C3)C2(C)C)nn1CCN1CCOCC1. The fourth-order valence-electron chi connectivity index (χ4n) is 5.76. The number of hydrogen-bond acceptors (Lipinski definition) is 5. The molecule has 4 rings (SSSR count). The lowest BCUT2D eigenvalue weighted by atomic mass is 9.68. The monoisotopic (exact) mass is 390 g/mol. The molecule has 3 unspecified atom stereocenters. The molecule has 7 heteroatoms. The molecule has 0 radical (unpaired) electrons. The van der Waals surface area contributed by atoms with Gasteiger partial charge in [0.25, 0.3) is 5.91 Å². The number of amides is 1. The molecular formula is C21H34N4O3. The Kier molecular flexibility index (Phi) is 5.16. The van der Waals surface area contributed by atoms with Crippen molar-refractivity contribution in [1.29, 1.82) is 0 Å². The lowest BCUT2D eigenvalue weighted by Crippen LogP contribution is -2.52. The Morgan fingerprint density at radius 2 is 2.07 bits per heavy atom. The predicted octanol–water partition coefficient (Wildman–Crippen LogP) is 2.17. The molecule has 2 aliphatic carbocycles. The van der Waals surface area contributed by atoms with Gasteiger partial charge in [-0.05, 0) is 36.0 Å². The fraction of sp³-hybridized carbons (Fsp3) is 0.810. The second kappa shape index (κ2) is 7.34. The Balaban J connectivity index is 1.44. The summed E-state index contributed by atoms with van der Waals surface area (Å²) in [5.74, 6) is 1.25. The van der Waals surface area contributed by atoms with Crippen molar-refractivity contribution in [3.05, 3.63) is 11.8 Å². The lowest BCUT2D eigenvalue weighted by Gasteiger charge is -2.42. The van der Waals surface area contributed by atoms with Crippen LogP contribution >= 0.6 is 0 Å². The van der Waals surface area contributed by atoms with Crippen LogP contribution in [0.2, 0.25) is 0 Å². The number of nitrogens with zero attached hydrogens (tertiary/aromatic N) is 3. The van der Waals surface area contributed by atoms with E-state index in [0.29, 0.717) is 24.0 Å². The molecule has 3 atom stereocenters. The van der Waals surface area contributed by atoms with Crippen LogP contribution in [0.15, 0.2) is 6.07 Å². The van der Waals surface area contributed by atoms with Crippen LogP contribution < -0.4 is 10.1 Å². The molecule has 3 fully saturated rings. The van der Waals surface area contributed by atoms with Crippen LogP contribution in [0, 0.1) is 16.7 Å². The van der Waals surface area contributed by atoms with Crippen molar-refractivity contribution in [2.45, 2.75) is 52.6 Å². The maximum atomic E-state index is 13.0. The molecule has 2 saturated carbocycles. The predicted molar refractivity (Wildman–Crippen MR) is 107 cm³/mol. The first-order chi connectivity index (χ1) is 13.3. The van der Waals surface area contributed by atoms with Gasteiger partial charge in [-0.15, -0.1) is 0 Å². The summed E-state index contributed by atoms with van der Waals surface area (Å²) in [6, 6.07) is 1.95. The van der Waals surface area contributed by atoms with Crippen molar-refractivity contribution in [3.8, 4) is 5.88 Å². The van der Waals surface area contributed by atoms with Gasteiger partial charge in [-0.2, -0.15) is 5.10 Å². The van der Waals surface area contributed by atoms with Crippen molar-refractivity contribution >= 4 is 5.91 Å². The highest BCUT2D eigenvalue weighted by Gasteiger charge is 2.59. The van der Waals surface area contributed by atoms with Crippen molar-refractivity contribution in [2.24, 2.45) is 16.7 Å². The topological polar surface area (TPSA) is 68.6 Å². The fourth-order valence-corrected chi connectivity index (χ4v) is 5.76. The number of fused-ring (bicyclic) bond motifs is 2. The molecular weight excluding hydrogens is 356 g/mol. The van der Waals surface area contributed by atoms with E-state index in [1.54, 1.807) is 17.9 Å². The van der Waals surface area contributed by atoms with Crippen molar-refractivity contribution in [3.63, 3.8) is 0 Å². The van der Waals surface area contributed by atoms with Gasteiger partial charge in [-0.25, -0.2) is 4.68 Å². The number of nitrogens with one attached hydrogen (secondary N) is 1. The van der Waals surface area contributed by atoms with Gasteiger partial charge in [0.15, 0.2) is 5.69 Å². The first-order valence-electron chi connectivity index (χ1n) is 10.6. The van der Waals surface area contributed by atoms with Gasteiger partial charge >= 0.3 is 0 Å². The molecule has 0 spiro atoms. The summed E-state index contributed by atoms with van der Waals surface area (Å²) in [6.07, 6.45) is 3.69. The van der Waals surface area contributed by atoms with Crippen molar-refractivity contribution < 1.29 is 14.3 Å². The molecule has 1 N–H and O–H groups in total. The second-order valence-corrected chi connectivity index (χ2v) is 9.57. The van der Waals surface area contributed by atoms with Gasteiger partial charge in [0.2, 0.25) is 5.88 Å². The summed E-state index contributed by atoms with van der Waals surface area (Å²) in [7, 11) is 1.63. The zero-order valence-corrected chi connectivity index (χ0v) is 17.7. The van der Waals surface area contributed by atoms with E-state index in [2.05, 4.69) is 36.1 Å².